The second-order valence-electron chi connectivity index (χ2n) is 7.78. The molecule has 204 valence electrons. The van der Waals surface area contributed by atoms with Crippen LogP contribution in [-0.4, -0.2) is 56.3 Å². The summed E-state index contributed by atoms with van der Waals surface area (Å²) in [5.41, 5.74) is 5.23. The van der Waals surface area contributed by atoms with Gasteiger partial charge in [-0.3, -0.25) is 0 Å². The Bertz CT molecular complexity index is 1410. The van der Waals surface area contributed by atoms with Crippen LogP contribution in [0.5, 0.6) is 0 Å². The zero-order valence-corrected chi connectivity index (χ0v) is 22.7. The summed E-state index contributed by atoms with van der Waals surface area (Å²) < 4.78 is 4.69. The first-order chi connectivity index (χ1) is 17.5. The van der Waals surface area contributed by atoms with Crippen molar-refractivity contribution in [2.24, 2.45) is 0 Å². The molecule has 0 saturated heterocycles. The largest absolute Gasteiger partial charge is 0.478 e. The number of rotatable bonds is 4. The minimum Gasteiger partial charge on any atom is -0.478 e. The van der Waals surface area contributed by atoms with Crippen molar-refractivity contribution in [1.82, 2.24) is 19.9 Å². The molecule has 0 fully saturated rings. The summed E-state index contributed by atoms with van der Waals surface area (Å²) in [6.07, 6.45) is 0. The summed E-state index contributed by atoms with van der Waals surface area (Å²) in [7, 11) is 2.35. The molecule has 0 radical (unpaired) electrons. The number of hydrogen-bond acceptors (Lipinski definition) is 6. The van der Waals surface area contributed by atoms with Crippen molar-refractivity contribution in [3.63, 3.8) is 0 Å². The molecule has 0 aliphatic heterocycles. The highest BCUT2D eigenvalue weighted by molar-refractivity contribution is 6.33. The zero-order chi connectivity index (χ0) is 27.9. The molecule has 0 unspecified atom stereocenters. The third kappa shape index (κ3) is 7.67. The Morgan fingerprint density at radius 3 is 1.53 bits per heavy atom. The van der Waals surface area contributed by atoms with Crippen LogP contribution in [0.3, 0.4) is 0 Å². The first-order valence-corrected chi connectivity index (χ1v) is 11.7. The third-order valence-corrected chi connectivity index (χ3v) is 5.78. The van der Waals surface area contributed by atoms with Gasteiger partial charge < -0.3 is 24.9 Å². The lowest BCUT2D eigenvalue weighted by Gasteiger charge is -2.05. The van der Waals surface area contributed by atoms with E-state index in [0.717, 1.165) is 41.4 Å². The Morgan fingerprint density at radius 1 is 0.789 bits per heavy atom. The van der Waals surface area contributed by atoms with Crippen LogP contribution in [0.1, 0.15) is 51.2 Å². The number of aromatic nitrogens is 4. The topological polar surface area (TPSA) is 141 Å². The minimum atomic E-state index is -0.979. The van der Waals surface area contributed by atoms with Crippen molar-refractivity contribution in [2.75, 3.05) is 14.2 Å². The number of carboxylic acids is 1. The minimum absolute atomic E-state index is 0. The predicted molar refractivity (Wildman–Crippen MR) is 150 cm³/mol. The molecule has 4 aromatic rings. The van der Waals surface area contributed by atoms with Gasteiger partial charge in [-0.05, 0) is 64.1 Å². The van der Waals surface area contributed by atoms with E-state index < -0.39 is 11.9 Å². The van der Waals surface area contributed by atoms with Crippen molar-refractivity contribution < 1.29 is 24.5 Å². The molecule has 0 saturated carbocycles. The number of benzene rings is 2. The number of nitrogens with zero attached hydrogens (tertiary/aromatic N) is 2. The van der Waals surface area contributed by atoms with Gasteiger partial charge in [0.05, 0.1) is 39.7 Å². The van der Waals surface area contributed by atoms with E-state index >= 15 is 0 Å². The molecular weight excluding hydrogens is 531 g/mol. The van der Waals surface area contributed by atoms with Crippen molar-refractivity contribution in [2.45, 2.75) is 35.1 Å². The number of esters is 1. The van der Waals surface area contributed by atoms with Crippen LogP contribution in [0.15, 0.2) is 36.4 Å². The maximum Gasteiger partial charge on any atom is 0.337 e. The number of aromatic carboxylic acids is 1. The number of aromatic amines is 2. The molecule has 11 heteroatoms. The van der Waals surface area contributed by atoms with E-state index in [1.165, 1.54) is 19.2 Å². The molecule has 38 heavy (non-hydrogen) atoms. The van der Waals surface area contributed by atoms with Gasteiger partial charge in [0.2, 0.25) is 0 Å². The Morgan fingerprint density at radius 2 is 1.18 bits per heavy atom. The molecule has 2 aromatic heterocycles. The fourth-order valence-electron chi connectivity index (χ4n) is 3.54. The van der Waals surface area contributed by atoms with Crippen LogP contribution in [0.25, 0.3) is 22.5 Å². The van der Waals surface area contributed by atoms with Gasteiger partial charge in [-0.2, -0.15) is 0 Å². The molecule has 0 amide bonds. The highest BCUT2D eigenvalue weighted by Gasteiger charge is 2.15. The number of H-pyrrole nitrogens is 2. The number of carbonyl (C=O) groups excluding carboxylic acids is 1. The van der Waals surface area contributed by atoms with Crippen LogP contribution in [0.4, 0.5) is 0 Å². The van der Waals surface area contributed by atoms with E-state index in [1.54, 1.807) is 24.3 Å². The molecule has 2 aromatic carbocycles. The molecule has 0 aliphatic rings. The second kappa shape index (κ2) is 14.3. The number of nitrogens with one attached hydrogen (secondary N) is 2. The number of methoxy groups -OCH3 is 1. The van der Waals surface area contributed by atoms with Crippen LogP contribution in [0, 0.1) is 27.7 Å². The Hall–Kier alpha value is -3.66. The molecule has 0 bridgehead atoms. The number of imidazole rings is 2. The van der Waals surface area contributed by atoms with Crippen LogP contribution in [-0.2, 0) is 4.74 Å². The maximum atomic E-state index is 11.5. The first kappa shape index (κ1) is 32.4. The second-order valence-corrected chi connectivity index (χ2v) is 8.59. The van der Waals surface area contributed by atoms with Gasteiger partial charge in [-0.15, -0.1) is 0 Å². The predicted octanol–water partition coefficient (Wildman–Crippen LogP) is 6.42. The molecule has 9 nitrogen and oxygen atoms in total. The van der Waals surface area contributed by atoms with Gasteiger partial charge in [0.1, 0.15) is 11.6 Å². The Labute approximate surface area is 231 Å². The number of aliphatic hydroxyl groups excluding tert-OH is 1. The molecule has 2 heterocycles. The highest BCUT2D eigenvalue weighted by Crippen LogP contribution is 2.31. The summed E-state index contributed by atoms with van der Waals surface area (Å²) in [4.78, 5) is 37.3. The van der Waals surface area contributed by atoms with E-state index in [9.17, 15) is 9.59 Å². The number of hydrogen-bond donors (Lipinski definition) is 4. The summed E-state index contributed by atoms with van der Waals surface area (Å²) >= 11 is 12.2. The van der Waals surface area contributed by atoms with Crippen LogP contribution >= 0.6 is 23.2 Å². The lowest BCUT2D eigenvalue weighted by molar-refractivity contribution is 0.0600. The number of halogens is 2. The average molecular weight is 563 g/mol. The van der Waals surface area contributed by atoms with E-state index in [-0.39, 0.29) is 13.0 Å². The summed E-state index contributed by atoms with van der Waals surface area (Å²) in [5.74, 6) is 0.210. The lowest BCUT2D eigenvalue weighted by Crippen LogP contribution is -2.01. The van der Waals surface area contributed by atoms with Gasteiger partial charge in [0.25, 0.3) is 0 Å². The highest BCUT2D eigenvalue weighted by atomic mass is 35.5. The molecule has 4 N–H and O–H groups in total. The lowest BCUT2D eigenvalue weighted by atomic mass is 10.1. The fraction of sp³-hybridized carbons (Fsp3) is 0.259. The van der Waals surface area contributed by atoms with Crippen molar-refractivity contribution in [3.05, 3.63) is 80.6 Å². The van der Waals surface area contributed by atoms with Crippen molar-refractivity contribution in [3.8, 4) is 22.5 Å². The zero-order valence-electron chi connectivity index (χ0n) is 21.2. The van der Waals surface area contributed by atoms with Gasteiger partial charge in [0, 0.05) is 29.6 Å². The van der Waals surface area contributed by atoms with Crippen LogP contribution in [0.2, 0.25) is 10.0 Å². The monoisotopic (exact) mass is 562 g/mol. The Balaban J connectivity index is 0.000000349. The molecule has 4 rings (SSSR count). The molecule has 0 aliphatic carbocycles. The quantitative estimate of drug-likeness (QED) is 0.210. The third-order valence-electron chi connectivity index (χ3n) is 5.12. The standard InChI is InChI=1S/C13H13ClN2O2.C12H11ClN2O2.CH4O.CH4/c1-7-12(16-8(2)15-7)10-6-9(13(17)18-3)4-5-11(10)14;1-6-11(15-7(2)14-6)9-5-8(12(16)17)3-4-10(9)13;1-2;/h4-6H,1-3H3,(H,15,16);3-5H,1-2H3,(H,14,15)(H,16,17);2H,1H3;1H4. The van der Waals surface area contributed by atoms with E-state index in [4.69, 9.17) is 38.2 Å². The van der Waals surface area contributed by atoms with E-state index in [2.05, 4.69) is 19.9 Å². The van der Waals surface area contributed by atoms with Gasteiger partial charge in [-0.25, -0.2) is 19.6 Å². The number of aliphatic hydroxyl groups is 1. The van der Waals surface area contributed by atoms with Crippen molar-refractivity contribution >= 4 is 35.1 Å². The van der Waals surface area contributed by atoms with Gasteiger partial charge in [-0.1, -0.05) is 30.6 Å². The van der Waals surface area contributed by atoms with Gasteiger partial charge >= 0.3 is 11.9 Å². The number of carboxylic acid groups (broad SMARTS) is 1. The first-order valence-electron chi connectivity index (χ1n) is 10.9. The van der Waals surface area contributed by atoms with E-state index in [1.807, 2.05) is 27.7 Å². The molecule has 0 spiro atoms. The normalized spacial score (nSPS) is 9.82. The summed E-state index contributed by atoms with van der Waals surface area (Å²) in [5, 5.41) is 17.0. The van der Waals surface area contributed by atoms with Crippen molar-refractivity contribution in [1.29, 1.82) is 0 Å². The summed E-state index contributed by atoms with van der Waals surface area (Å²) in [6.45, 7) is 7.50. The number of ether oxygens (including phenoxy) is 1. The van der Waals surface area contributed by atoms with E-state index in [0.29, 0.717) is 26.9 Å². The Kier molecular flexibility index (Phi) is 12.2. The molecule has 0 atom stereocenters. The van der Waals surface area contributed by atoms with Gasteiger partial charge in [0.15, 0.2) is 0 Å². The maximum absolute atomic E-state index is 11.5. The average Bonchev–Trinajstić information content (AvgIpc) is 3.39. The fourth-order valence-corrected chi connectivity index (χ4v) is 3.95. The van der Waals surface area contributed by atoms with Crippen LogP contribution < -0.4 is 0 Å². The number of aryl methyl sites for hydroxylation is 4. The molecular formula is C27H32Cl2N4O5. The SMILES string of the molecule is C.CO.COC(=O)c1ccc(Cl)c(-c2nc(C)[nH]c2C)c1.Cc1nc(-c2cc(C(=O)O)ccc2Cl)c(C)[nH]1. The number of carbonyl (C=O) groups is 2. The summed E-state index contributed by atoms with van der Waals surface area (Å²) in [6, 6.07) is 9.58. The smallest absolute Gasteiger partial charge is 0.337 e.